The maximum Gasteiger partial charge on any atom is 0.166 e. The van der Waals surface area contributed by atoms with E-state index in [1.165, 1.54) is 0 Å². The largest absolute Gasteiger partial charge is 0.310 e. The second-order valence-corrected chi connectivity index (χ2v) is 2.47. The maximum atomic E-state index is 10.8. The van der Waals surface area contributed by atoms with E-state index in [0.717, 1.165) is 12.8 Å². The van der Waals surface area contributed by atoms with Crippen LogP contribution in [-0.2, 0) is 9.59 Å². The van der Waals surface area contributed by atoms with Gasteiger partial charge in [0.15, 0.2) is 17.6 Å². The van der Waals surface area contributed by atoms with Crippen LogP contribution in [0.25, 0.3) is 0 Å². The predicted molar refractivity (Wildman–Crippen MR) is 35.9 cm³/mol. The fourth-order valence-electron chi connectivity index (χ4n) is 0.996. The molecule has 0 aliphatic heterocycles. The van der Waals surface area contributed by atoms with Gasteiger partial charge in [-0.2, -0.15) is 0 Å². The Morgan fingerprint density at radius 3 is 1.80 bits per heavy atom. The van der Waals surface area contributed by atoms with Crippen molar-refractivity contribution in [2.24, 2.45) is 5.73 Å². The molecule has 0 amide bonds. The van der Waals surface area contributed by atoms with Crippen LogP contribution in [0, 0.1) is 6.04 Å². The lowest BCUT2D eigenvalue weighted by Crippen LogP contribution is -2.27. The normalized spacial score (nSPS) is 22.9. The first kappa shape index (κ1) is 7.41. The number of carbonyl (C=O) groups is 2. The van der Waals surface area contributed by atoms with Crippen molar-refractivity contribution < 1.29 is 9.59 Å². The first-order valence-corrected chi connectivity index (χ1v) is 3.40. The van der Waals surface area contributed by atoms with Gasteiger partial charge in [-0.15, -0.1) is 0 Å². The average molecular weight is 140 g/mol. The van der Waals surface area contributed by atoms with Gasteiger partial charge in [-0.05, 0) is 12.8 Å². The van der Waals surface area contributed by atoms with Crippen LogP contribution in [0.3, 0.4) is 0 Å². The van der Waals surface area contributed by atoms with E-state index in [1.807, 2.05) is 0 Å². The van der Waals surface area contributed by atoms with E-state index >= 15 is 0 Å². The van der Waals surface area contributed by atoms with E-state index in [-0.39, 0.29) is 17.6 Å². The van der Waals surface area contributed by atoms with Crippen molar-refractivity contribution in [1.82, 2.24) is 0 Å². The van der Waals surface area contributed by atoms with Crippen LogP contribution in [-0.4, -0.2) is 11.6 Å². The van der Waals surface area contributed by atoms with Gasteiger partial charge in [0.05, 0.1) is 0 Å². The molecule has 1 fully saturated rings. The molecule has 10 heavy (non-hydrogen) atoms. The molecule has 1 rings (SSSR count). The monoisotopic (exact) mass is 140 g/mol. The van der Waals surface area contributed by atoms with Crippen LogP contribution >= 0.6 is 0 Å². The van der Waals surface area contributed by atoms with Gasteiger partial charge in [-0.25, -0.2) is 0 Å². The number of hydrogen-bond donors (Lipinski definition) is 1. The van der Waals surface area contributed by atoms with Crippen LogP contribution in [0.15, 0.2) is 0 Å². The molecular formula is C7H10NO2. The van der Waals surface area contributed by atoms with E-state index < -0.39 is 0 Å². The minimum atomic E-state index is -0.178. The van der Waals surface area contributed by atoms with Crippen molar-refractivity contribution in [3.05, 3.63) is 6.04 Å². The molecule has 55 valence electrons. The highest BCUT2D eigenvalue weighted by molar-refractivity contribution is 6.15. The van der Waals surface area contributed by atoms with Gasteiger partial charge in [0, 0.05) is 12.8 Å². The summed E-state index contributed by atoms with van der Waals surface area (Å²) >= 11 is 0. The fourth-order valence-corrected chi connectivity index (χ4v) is 0.996. The van der Waals surface area contributed by atoms with Gasteiger partial charge < -0.3 is 5.73 Å². The summed E-state index contributed by atoms with van der Waals surface area (Å²) in [5.74, 6) is -0.356. The van der Waals surface area contributed by atoms with Gasteiger partial charge in [0.1, 0.15) is 0 Å². The molecule has 3 heteroatoms. The first-order valence-electron chi connectivity index (χ1n) is 3.40. The highest BCUT2D eigenvalue weighted by Crippen LogP contribution is 2.13. The van der Waals surface area contributed by atoms with Crippen LogP contribution < -0.4 is 5.73 Å². The second kappa shape index (κ2) is 2.92. The van der Waals surface area contributed by atoms with E-state index in [9.17, 15) is 9.59 Å². The van der Waals surface area contributed by atoms with E-state index in [1.54, 1.807) is 0 Å². The Balaban J connectivity index is 2.64. The molecule has 0 aromatic rings. The SMILES string of the molecule is N[C]1C(=O)CCCCC1=O. The predicted octanol–water partition coefficient (Wildman–Crippen LogP) is 0.189. The van der Waals surface area contributed by atoms with Crippen LogP contribution in [0.4, 0.5) is 0 Å². The van der Waals surface area contributed by atoms with Crippen molar-refractivity contribution in [2.75, 3.05) is 0 Å². The molecule has 1 radical (unpaired) electrons. The Hall–Kier alpha value is -0.700. The number of nitrogens with two attached hydrogens (primary N) is 1. The highest BCUT2D eigenvalue weighted by Gasteiger charge is 2.24. The maximum absolute atomic E-state index is 10.8. The topological polar surface area (TPSA) is 60.2 Å². The lowest BCUT2D eigenvalue weighted by atomic mass is 10.1. The van der Waals surface area contributed by atoms with E-state index in [2.05, 4.69) is 0 Å². The molecule has 1 aliphatic rings. The molecule has 0 aromatic carbocycles. The van der Waals surface area contributed by atoms with Gasteiger partial charge in [-0.3, -0.25) is 9.59 Å². The van der Waals surface area contributed by atoms with Crippen LogP contribution in [0.2, 0.25) is 0 Å². The lowest BCUT2D eigenvalue weighted by Gasteiger charge is -2.00. The molecule has 3 nitrogen and oxygen atoms in total. The minimum Gasteiger partial charge on any atom is -0.310 e. The number of Topliss-reactive ketones (excluding diaryl/α,β-unsaturated/α-hetero) is 2. The van der Waals surface area contributed by atoms with Crippen molar-refractivity contribution in [1.29, 1.82) is 0 Å². The summed E-state index contributed by atoms with van der Waals surface area (Å²) in [4.78, 5) is 21.7. The Bertz CT molecular complexity index is 147. The molecule has 0 saturated heterocycles. The summed E-state index contributed by atoms with van der Waals surface area (Å²) in [6, 6.07) is -0.0440. The molecule has 0 spiro atoms. The van der Waals surface area contributed by atoms with E-state index in [0.29, 0.717) is 12.8 Å². The molecule has 0 aromatic heterocycles. The van der Waals surface area contributed by atoms with Gasteiger partial charge in [0.2, 0.25) is 0 Å². The first-order chi connectivity index (χ1) is 4.72. The summed E-state index contributed by atoms with van der Waals surface area (Å²) in [7, 11) is 0. The highest BCUT2D eigenvalue weighted by atomic mass is 16.2. The molecule has 1 saturated carbocycles. The average Bonchev–Trinajstić information content (AvgIpc) is 2.04. The number of ketones is 2. The Morgan fingerprint density at radius 2 is 1.40 bits per heavy atom. The second-order valence-electron chi connectivity index (χ2n) is 2.47. The zero-order valence-electron chi connectivity index (χ0n) is 5.72. The molecule has 0 heterocycles. The van der Waals surface area contributed by atoms with Crippen LogP contribution in [0.1, 0.15) is 25.7 Å². The smallest absolute Gasteiger partial charge is 0.166 e. The summed E-state index contributed by atoms with van der Waals surface area (Å²) < 4.78 is 0. The summed E-state index contributed by atoms with van der Waals surface area (Å²) in [6.07, 6.45) is 2.48. The molecule has 0 atom stereocenters. The standard InChI is InChI=1S/C7H10NO2/c8-7-5(9)3-1-2-4-6(7)10/h1-4,8H2. The Labute approximate surface area is 59.6 Å². The third kappa shape index (κ3) is 1.42. The quantitative estimate of drug-likeness (QED) is 0.488. The Kier molecular flexibility index (Phi) is 2.17. The van der Waals surface area contributed by atoms with Crippen molar-refractivity contribution in [2.45, 2.75) is 25.7 Å². The minimum absolute atomic E-state index is 0.0440. The lowest BCUT2D eigenvalue weighted by molar-refractivity contribution is -0.123. The molecule has 1 aliphatic carbocycles. The van der Waals surface area contributed by atoms with Crippen molar-refractivity contribution in [3.63, 3.8) is 0 Å². The molecule has 0 unspecified atom stereocenters. The third-order valence-electron chi connectivity index (χ3n) is 1.66. The number of hydrogen-bond acceptors (Lipinski definition) is 3. The third-order valence-corrected chi connectivity index (χ3v) is 1.66. The van der Waals surface area contributed by atoms with Crippen LogP contribution in [0.5, 0.6) is 0 Å². The van der Waals surface area contributed by atoms with Crippen molar-refractivity contribution in [3.8, 4) is 0 Å². The van der Waals surface area contributed by atoms with Crippen molar-refractivity contribution >= 4 is 11.6 Å². The van der Waals surface area contributed by atoms with E-state index in [4.69, 9.17) is 5.73 Å². The molecular weight excluding hydrogens is 130 g/mol. The molecule has 0 bridgehead atoms. The van der Waals surface area contributed by atoms with Gasteiger partial charge >= 0.3 is 0 Å². The number of rotatable bonds is 0. The zero-order chi connectivity index (χ0) is 7.56. The fraction of sp³-hybridized carbons (Fsp3) is 0.571. The summed E-state index contributed by atoms with van der Waals surface area (Å²) in [6.45, 7) is 0. The van der Waals surface area contributed by atoms with Gasteiger partial charge in [-0.1, -0.05) is 0 Å². The number of carbonyl (C=O) groups excluding carboxylic acids is 2. The molecule has 2 N–H and O–H groups in total. The zero-order valence-corrected chi connectivity index (χ0v) is 5.72. The Morgan fingerprint density at radius 1 is 1.00 bits per heavy atom. The summed E-state index contributed by atoms with van der Waals surface area (Å²) in [5, 5.41) is 0. The summed E-state index contributed by atoms with van der Waals surface area (Å²) in [5.41, 5.74) is 5.24. The van der Waals surface area contributed by atoms with Gasteiger partial charge in [0.25, 0.3) is 0 Å².